The lowest BCUT2D eigenvalue weighted by Crippen LogP contribution is -2.41. The summed E-state index contributed by atoms with van der Waals surface area (Å²) in [5, 5.41) is 15.3. The highest BCUT2D eigenvalue weighted by Crippen LogP contribution is 2.08. The first kappa shape index (κ1) is 19.9. The van der Waals surface area contributed by atoms with Crippen LogP contribution in [0.2, 0.25) is 0 Å². The van der Waals surface area contributed by atoms with Gasteiger partial charge in [-0.2, -0.15) is 0 Å². The highest BCUT2D eigenvalue weighted by molar-refractivity contribution is 5.85. The predicted molar refractivity (Wildman–Crippen MR) is 84.8 cm³/mol. The van der Waals surface area contributed by atoms with Crippen molar-refractivity contribution in [2.45, 2.75) is 44.2 Å². The van der Waals surface area contributed by atoms with E-state index in [1.807, 2.05) is 0 Å². The Kier molecular flexibility index (Phi) is 10.6. The predicted octanol–water partition coefficient (Wildman–Crippen LogP) is 0.545. The van der Waals surface area contributed by atoms with Gasteiger partial charge in [0.2, 0.25) is 5.91 Å². The second-order valence-corrected chi connectivity index (χ2v) is 5.40. The third-order valence-corrected chi connectivity index (χ3v) is 3.82. The van der Waals surface area contributed by atoms with Crippen LogP contribution >= 0.6 is 24.8 Å². The fourth-order valence-corrected chi connectivity index (χ4v) is 2.74. The Labute approximate surface area is 133 Å². The normalized spacial score (nSPS) is 26.4. The van der Waals surface area contributed by atoms with E-state index in [9.17, 15) is 9.90 Å². The number of halogens is 2. The molecule has 1 amide bonds. The number of hydrogen-bond acceptors (Lipinski definition) is 4. The van der Waals surface area contributed by atoms with Crippen molar-refractivity contribution in [2.24, 2.45) is 0 Å². The molecule has 2 unspecified atom stereocenters. The molecule has 2 fully saturated rings. The van der Waals surface area contributed by atoms with Crippen LogP contribution < -0.4 is 10.6 Å². The number of likely N-dealkylation sites (tertiary alicyclic amines) is 1. The molecule has 20 heavy (non-hydrogen) atoms. The molecule has 2 atom stereocenters. The topological polar surface area (TPSA) is 64.6 Å². The first-order valence-corrected chi connectivity index (χ1v) is 7.17. The van der Waals surface area contributed by atoms with Crippen molar-refractivity contribution in [2.75, 3.05) is 32.7 Å². The number of aliphatic hydroxyl groups excluding tert-OH is 1. The second-order valence-electron chi connectivity index (χ2n) is 5.40. The Balaban J connectivity index is 0.00000180. The molecule has 120 valence electrons. The van der Waals surface area contributed by atoms with Gasteiger partial charge in [0.05, 0.1) is 12.1 Å². The summed E-state index contributed by atoms with van der Waals surface area (Å²) >= 11 is 0. The van der Waals surface area contributed by atoms with Crippen molar-refractivity contribution < 1.29 is 9.90 Å². The zero-order valence-corrected chi connectivity index (χ0v) is 13.5. The molecule has 5 nitrogen and oxygen atoms in total. The van der Waals surface area contributed by atoms with Gasteiger partial charge in [0, 0.05) is 13.1 Å². The molecule has 0 aromatic carbocycles. The van der Waals surface area contributed by atoms with Crippen LogP contribution in [0.15, 0.2) is 0 Å². The lowest BCUT2D eigenvalue weighted by Gasteiger charge is -2.26. The van der Waals surface area contributed by atoms with Gasteiger partial charge in [0.1, 0.15) is 0 Å². The van der Waals surface area contributed by atoms with Gasteiger partial charge in [-0.1, -0.05) is 6.42 Å². The Bertz CT molecular complexity index is 276. The highest BCUT2D eigenvalue weighted by Gasteiger charge is 2.27. The summed E-state index contributed by atoms with van der Waals surface area (Å²) in [5.41, 5.74) is 0. The summed E-state index contributed by atoms with van der Waals surface area (Å²) in [5.74, 6) is 0.0326. The number of piperidine rings is 1. The maximum Gasteiger partial charge on any atom is 0.237 e. The summed E-state index contributed by atoms with van der Waals surface area (Å²) < 4.78 is 0. The van der Waals surface area contributed by atoms with Crippen molar-refractivity contribution in [3.63, 3.8) is 0 Å². The smallest absolute Gasteiger partial charge is 0.237 e. The molecule has 0 bridgehead atoms. The Morgan fingerprint density at radius 1 is 1.25 bits per heavy atom. The summed E-state index contributed by atoms with van der Waals surface area (Å²) in [4.78, 5) is 14.2. The minimum absolute atomic E-state index is 0. The zero-order chi connectivity index (χ0) is 12.8. The van der Waals surface area contributed by atoms with Crippen molar-refractivity contribution >= 4 is 30.7 Å². The molecule has 0 saturated carbocycles. The SMILES string of the molecule is Cl.Cl.O=C(NCCCN1CCCCC1)C1CC(O)CN1. The van der Waals surface area contributed by atoms with E-state index in [0.29, 0.717) is 13.0 Å². The largest absolute Gasteiger partial charge is 0.392 e. The molecule has 2 rings (SSSR count). The van der Waals surface area contributed by atoms with E-state index in [1.54, 1.807) is 0 Å². The Morgan fingerprint density at radius 3 is 2.55 bits per heavy atom. The number of carbonyl (C=O) groups is 1. The summed E-state index contributed by atoms with van der Waals surface area (Å²) in [6.45, 7) is 4.78. The Hall–Kier alpha value is -0.0700. The van der Waals surface area contributed by atoms with Gasteiger partial charge in [0.25, 0.3) is 0 Å². The molecule has 3 N–H and O–H groups in total. The van der Waals surface area contributed by atoms with Crippen LogP contribution in [-0.4, -0.2) is 60.8 Å². The molecule has 7 heteroatoms. The van der Waals surface area contributed by atoms with Gasteiger partial charge in [-0.25, -0.2) is 0 Å². The number of nitrogens with one attached hydrogen (secondary N) is 2. The zero-order valence-electron chi connectivity index (χ0n) is 11.8. The minimum atomic E-state index is -0.367. The van der Waals surface area contributed by atoms with Gasteiger partial charge >= 0.3 is 0 Å². The second kappa shape index (κ2) is 10.6. The summed E-state index contributed by atoms with van der Waals surface area (Å²) in [7, 11) is 0. The summed E-state index contributed by atoms with van der Waals surface area (Å²) in [6, 6.07) is -0.199. The standard InChI is InChI=1S/C13H25N3O2.2ClH/c17-11-9-12(15-10-11)13(18)14-5-4-8-16-6-2-1-3-7-16;;/h11-12,15,17H,1-10H2,(H,14,18);2*1H. The number of aliphatic hydroxyl groups is 1. The van der Waals surface area contributed by atoms with E-state index in [1.165, 1.54) is 32.4 Å². The van der Waals surface area contributed by atoms with E-state index in [2.05, 4.69) is 15.5 Å². The molecule has 2 saturated heterocycles. The molecule has 0 radical (unpaired) electrons. The van der Waals surface area contributed by atoms with Gasteiger partial charge < -0.3 is 20.6 Å². The molecule has 0 spiro atoms. The van der Waals surface area contributed by atoms with Gasteiger partial charge in [-0.3, -0.25) is 4.79 Å². The van der Waals surface area contributed by atoms with E-state index in [0.717, 1.165) is 19.5 Å². The minimum Gasteiger partial charge on any atom is -0.392 e. The van der Waals surface area contributed by atoms with E-state index in [-0.39, 0.29) is 42.9 Å². The number of nitrogens with zero attached hydrogens (tertiary/aromatic N) is 1. The van der Waals surface area contributed by atoms with Crippen LogP contribution in [0.3, 0.4) is 0 Å². The van der Waals surface area contributed by atoms with E-state index >= 15 is 0 Å². The molecule has 2 aliphatic rings. The number of β-amino-alcohol motifs (C(OH)–C–C–N with tert-alkyl or cyclic N) is 1. The van der Waals surface area contributed by atoms with Crippen LogP contribution in [0.1, 0.15) is 32.1 Å². The van der Waals surface area contributed by atoms with E-state index in [4.69, 9.17) is 0 Å². The fraction of sp³-hybridized carbons (Fsp3) is 0.923. The molecule has 0 aliphatic carbocycles. The molecule has 0 aromatic heterocycles. The van der Waals surface area contributed by atoms with Crippen molar-refractivity contribution in [3.05, 3.63) is 0 Å². The first-order chi connectivity index (χ1) is 8.75. The third-order valence-electron chi connectivity index (χ3n) is 3.82. The van der Waals surface area contributed by atoms with Crippen LogP contribution in [0.25, 0.3) is 0 Å². The fourth-order valence-electron chi connectivity index (χ4n) is 2.74. The van der Waals surface area contributed by atoms with Gasteiger partial charge in [-0.05, 0) is 45.3 Å². The van der Waals surface area contributed by atoms with Crippen LogP contribution in [-0.2, 0) is 4.79 Å². The lowest BCUT2D eigenvalue weighted by atomic mass is 10.1. The molecular weight excluding hydrogens is 301 g/mol. The third kappa shape index (κ3) is 6.59. The maximum atomic E-state index is 11.7. The number of hydrogen-bond donors (Lipinski definition) is 3. The van der Waals surface area contributed by atoms with Crippen molar-refractivity contribution in [1.82, 2.24) is 15.5 Å². The van der Waals surface area contributed by atoms with Crippen molar-refractivity contribution in [3.8, 4) is 0 Å². The molecule has 2 aliphatic heterocycles. The monoisotopic (exact) mass is 327 g/mol. The van der Waals surface area contributed by atoms with Crippen LogP contribution in [0, 0.1) is 0 Å². The quantitative estimate of drug-likeness (QED) is 0.645. The molecular formula is C13H27Cl2N3O2. The number of amides is 1. The Morgan fingerprint density at radius 2 is 1.95 bits per heavy atom. The van der Waals surface area contributed by atoms with Crippen molar-refractivity contribution in [1.29, 1.82) is 0 Å². The average Bonchev–Trinajstić information content (AvgIpc) is 2.82. The van der Waals surface area contributed by atoms with Crippen LogP contribution in [0.4, 0.5) is 0 Å². The first-order valence-electron chi connectivity index (χ1n) is 7.17. The highest BCUT2D eigenvalue weighted by atomic mass is 35.5. The maximum absolute atomic E-state index is 11.7. The summed E-state index contributed by atoms with van der Waals surface area (Å²) in [6.07, 6.45) is 5.18. The average molecular weight is 328 g/mol. The van der Waals surface area contributed by atoms with Gasteiger partial charge in [0.15, 0.2) is 0 Å². The molecule has 2 heterocycles. The van der Waals surface area contributed by atoms with Crippen LogP contribution in [0.5, 0.6) is 0 Å². The lowest BCUT2D eigenvalue weighted by molar-refractivity contribution is -0.122. The number of rotatable bonds is 5. The van der Waals surface area contributed by atoms with E-state index < -0.39 is 0 Å². The number of carbonyl (C=O) groups excluding carboxylic acids is 1. The van der Waals surface area contributed by atoms with Gasteiger partial charge in [-0.15, -0.1) is 24.8 Å². The molecule has 0 aromatic rings.